The lowest BCUT2D eigenvalue weighted by molar-refractivity contribution is 0.568. The van der Waals surface area contributed by atoms with Gasteiger partial charge in [-0.1, -0.05) is 217 Å². The molecule has 0 N–H and O–H groups in total. The summed E-state index contributed by atoms with van der Waals surface area (Å²) in [4.78, 5) is 2.48. The van der Waals surface area contributed by atoms with Gasteiger partial charge in [0.2, 0.25) is 0 Å². The topological polar surface area (TPSA) is 8.17 Å². The molecular weight excluding hydrogens is 845 g/mol. The lowest BCUT2D eigenvalue weighted by Crippen LogP contribution is -2.16. The van der Waals surface area contributed by atoms with Gasteiger partial charge in [0.05, 0.1) is 22.4 Å². The van der Waals surface area contributed by atoms with Gasteiger partial charge < -0.3 is 9.47 Å². The minimum Gasteiger partial charge on any atom is -0.310 e. The number of hydrogen-bond donors (Lipinski definition) is 0. The highest BCUT2D eigenvalue weighted by atomic mass is 15.1. The minimum absolute atomic E-state index is 0.0283. The fourth-order valence-corrected chi connectivity index (χ4v) is 10.7. The fourth-order valence-electron chi connectivity index (χ4n) is 10.7. The first-order chi connectivity index (χ1) is 33.2. The maximum atomic E-state index is 2.48. The summed E-state index contributed by atoms with van der Waals surface area (Å²) in [5.74, 6) is 0. The monoisotopic (exact) mass is 911 g/mol. The van der Waals surface area contributed by atoms with Crippen molar-refractivity contribution in [3.8, 4) is 27.9 Å². The van der Waals surface area contributed by atoms with Crippen LogP contribution in [0.25, 0.3) is 82.1 Å². The molecule has 0 unspecified atom stereocenters. The van der Waals surface area contributed by atoms with Crippen LogP contribution in [-0.4, -0.2) is 4.57 Å². The maximum absolute atomic E-state index is 2.48. The number of rotatable bonds is 6. The van der Waals surface area contributed by atoms with Crippen LogP contribution >= 0.6 is 0 Å². The van der Waals surface area contributed by atoms with E-state index in [4.69, 9.17) is 0 Å². The summed E-state index contributed by atoms with van der Waals surface area (Å²) in [5.41, 5.74) is 17.5. The molecule has 0 saturated carbocycles. The van der Waals surface area contributed by atoms with Gasteiger partial charge in [0.1, 0.15) is 0 Å². The Bertz CT molecular complexity index is 3540. The molecule has 0 amide bonds. The van der Waals surface area contributed by atoms with Crippen LogP contribution in [0.2, 0.25) is 0 Å². The summed E-state index contributed by atoms with van der Waals surface area (Å²) in [7, 11) is 0. The number of anilines is 3. The van der Waals surface area contributed by atoms with E-state index in [9.17, 15) is 0 Å². The van der Waals surface area contributed by atoms with Gasteiger partial charge in [0.25, 0.3) is 0 Å². The molecule has 2 nitrogen and oxygen atoms in total. The van der Waals surface area contributed by atoms with Crippen LogP contribution in [0.4, 0.5) is 17.1 Å². The predicted molar refractivity (Wildman–Crippen MR) is 305 cm³/mol. The van der Waals surface area contributed by atoms with Crippen molar-refractivity contribution in [2.24, 2.45) is 0 Å². The molecule has 0 aliphatic heterocycles. The van der Waals surface area contributed by atoms with Gasteiger partial charge >= 0.3 is 0 Å². The molecule has 0 atom stereocenters. The van der Waals surface area contributed by atoms with E-state index in [2.05, 4.69) is 275 Å². The third kappa shape index (κ3) is 7.83. The third-order valence-electron chi connectivity index (χ3n) is 14.9. The number of para-hydroxylation sites is 2. The van der Waals surface area contributed by atoms with E-state index in [1.54, 1.807) is 0 Å². The van der Waals surface area contributed by atoms with Crippen LogP contribution in [0.1, 0.15) is 105 Å². The average Bonchev–Trinajstić information content (AvgIpc) is 3.67. The third-order valence-corrected chi connectivity index (χ3v) is 14.9. The molecule has 10 aromatic carbocycles. The molecule has 70 heavy (non-hydrogen) atoms. The molecule has 11 aromatic rings. The zero-order chi connectivity index (χ0) is 49.1. The zero-order valence-electron chi connectivity index (χ0n) is 43.2. The van der Waals surface area contributed by atoms with Crippen LogP contribution in [-0.2, 0) is 21.7 Å². The van der Waals surface area contributed by atoms with Gasteiger partial charge in [0, 0.05) is 32.9 Å². The van der Waals surface area contributed by atoms with Crippen LogP contribution in [0.15, 0.2) is 182 Å². The van der Waals surface area contributed by atoms with Gasteiger partial charge in [-0.25, -0.2) is 0 Å². The molecule has 0 radical (unpaired) electrons. The molecule has 0 fully saturated rings. The van der Waals surface area contributed by atoms with E-state index in [0.717, 1.165) is 17.1 Å². The summed E-state index contributed by atoms with van der Waals surface area (Å²) < 4.78 is 2.47. The van der Waals surface area contributed by atoms with Gasteiger partial charge in [-0.15, -0.1) is 0 Å². The first-order valence-electron chi connectivity index (χ1n) is 25.2. The number of benzene rings is 10. The fraction of sp³-hybridized carbons (Fsp3) is 0.235. The standard InChI is InChI=1S/C68H66N2/c1-65(2,3)49-37-47(38-50(41-49)66(4,5)6)43-21-29-53(30-22-43)69(54-31-23-44(24-32-54)48-39-51(67(7,8)9)42-52(40-48)68(10,11)12)61-35-27-45-26-34-58-62(36-28-46-25-33-57(61)63(45)64(46)58)70-59-19-15-13-17-55(59)56-18-14-16-20-60(56)70/h13-42H,1-12H3. The normalized spacial score (nSPS) is 12.9. The number of aromatic nitrogens is 1. The lowest BCUT2D eigenvalue weighted by atomic mass is 9.79. The second-order valence-electron chi connectivity index (χ2n) is 24.0. The molecule has 0 bridgehead atoms. The Labute approximate surface area is 415 Å². The highest BCUT2D eigenvalue weighted by Gasteiger charge is 2.25. The smallest absolute Gasteiger partial charge is 0.0541 e. The number of fused-ring (bicyclic) bond motifs is 3. The van der Waals surface area contributed by atoms with Crippen molar-refractivity contribution in [3.63, 3.8) is 0 Å². The van der Waals surface area contributed by atoms with Crippen LogP contribution < -0.4 is 4.90 Å². The number of hydrogen-bond acceptors (Lipinski definition) is 1. The Morgan fingerprint density at radius 2 is 0.686 bits per heavy atom. The van der Waals surface area contributed by atoms with Gasteiger partial charge in [-0.3, -0.25) is 0 Å². The van der Waals surface area contributed by atoms with Crippen molar-refractivity contribution in [1.29, 1.82) is 0 Å². The second-order valence-corrected chi connectivity index (χ2v) is 24.0. The first-order valence-corrected chi connectivity index (χ1v) is 25.2. The lowest BCUT2D eigenvalue weighted by Gasteiger charge is -2.29. The molecule has 0 aliphatic carbocycles. The number of nitrogens with zero attached hydrogens (tertiary/aromatic N) is 2. The first kappa shape index (κ1) is 45.3. The summed E-state index contributed by atoms with van der Waals surface area (Å²) in [6.45, 7) is 27.8. The van der Waals surface area contributed by atoms with Crippen molar-refractivity contribution in [2.45, 2.75) is 105 Å². The largest absolute Gasteiger partial charge is 0.310 e. The molecule has 2 heteroatoms. The van der Waals surface area contributed by atoms with E-state index in [1.807, 2.05) is 0 Å². The van der Waals surface area contributed by atoms with Crippen molar-refractivity contribution in [1.82, 2.24) is 4.57 Å². The predicted octanol–water partition coefficient (Wildman–Crippen LogP) is 19.7. The highest BCUT2D eigenvalue weighted by Crippen LogP contribution is 2.47. The SMILES string of the molecule is CC(C)(C)c1cc(-c2ccc(N(c3ccc(-c4cc(C(C)(C)C)cc(C(C)(C)C)c4)cc3)c3ccc4ccc5c(-n6c7ccccc7c7ccccc76)ccc6ccc3c4c65)cc2)cc(C(C)(C)C)c1. The summed E-state index contributed by atoms with van der Waals surface area (Å²) in [5, 5.41) is 10.1. The molecule has 0 spiro atoms. The molecule has 1 aromatic heterocycles. The van der Waals surface area contributed by atoms with E-state index >= 15 is 0 Å². The Morgan fingerprint density at radius 1 is 0.314 bits per heavy atom. The Hall–Kier alpha value is -7.16. The van der Waals surface area contributed by atoms with E-state index in [0.29, 0.717) is 0 Å². The highest BCUT2D eigenvalue weighted by molar-refractivity contribution is 6.27. The minimum atomic E-state index is 0.0283. The van der Waals surface area contributed by atoms with Crippen molar-refractivity contribution in [2.75, 3.05) is 4.90 Å². The van der Waals surface area contributed by atoms with E-state index in [-0.39, 0.29) is 21.7 Å². The van der Waals surface area contributed by atoms with Crippen molar-refractivity contribution in [3.05, 3.63) is 204 Å². The Balaban J connectivity index is 1.11. The quantitative estimate of drug-likeness (QED) is 0.151. The molecule has 0 aliphatic rings. The molecular formula is C68H66N2. The Kier molecular flexibility index (Phi) is 10.5. The van der Waals surface area contributed by atoms with Crippen LogP contribution in [0.3, 0.4) is 0 Å². The second kappa shape index (κ2) is 16.2. The Morgan fingerprint density at radius 3 is 1.11 bits per heavy atom. The molecule has 0 saturated heterocycles. The summed E-state index contributed by atoms with van der Waals surface area (Å²) in [6.07, 6.45) is 0. The molecule has 11 rings (SSSR count). The molecule has 1 heterocycles. The van der Waals surface area contributed by atoms with E-state index < -0.39 is 0 Å². The van der Waals surface area contributed by atoms with Gasteiger partial charge in [0.15, 0.2) is 0 Å². The zero-order valence-corrected chi connectivity index (χ0v) is 43.2. The summed E-state index contributed by atoms with van der Waals surface area (Å²) >= 11 is 0. The average molecular weight is 911 g/mol. The van der Waals surface area contributed by atoms with Crippen LogP contribution in [0.5, 0.6) is 0 Å². The van der Waals surface area contributed by atoms with Gasteiger partial charge in [-0.2, -0.15) is 0 Å². The van der Waals surface area contributed by atoms with E-state index in [1.165, 1.54) is 104 Å². The summed E-state index contributed by atoms with van der Waals surface area (Å²) in [6, 6.07) is 69.3. The molecule has 348 valence electrons. The van der Waals surface area contributed by atoms with Crippen molar-refractivity contribution < 1.29 is 0 Å². The maximum Gasteiger partial charge on any atom is 0.0541 e. The van der Waals surface area contributed by atoms with Crippen LogP contribution in [0, 0.1) is 0 Å². The van der Waals surface area contributed by atoms with Crippen molar-refractivity contribution >= 4 is 71.2 Å². The van der Waals surface area contributed by atoms with Gasteiger partial charge in [-0.05, 0) is 136 Å².